The van der Waals surface area contributed by atoms with Gasteiger partial charge in [-0.15, -0.1) is 21.5 Å². The van der Waals surface area contributed by atoms with E-state index in [1.165, 1.54) is 22.7 Å². The fourth-order valence-corrected chi connectivity index (χ4v) is 5.20. The van der Waals surface area contributed by atoms with Crippen molar-refractivity contribution in [1.82, 2.24) is 19.6 Å². The summed E-state index contributed by atoms with van der Waals surface area (Å²) in [6.45, 7) is 3.53. The molecule has 1 fully saturated rings. The molecule has 0 aliphatic carbocycles. The quantitative estimate of drug-likeness (QED) is 0.643. The summed E-state index contributed by atoms with van der Waals surface area (Å²) in [6.07, 6.45) is 2.50. The zero-order chi connectivity index (χ0) is 17.2. The van der Waals surface area contributed by atoms with Crippen molar-refractivity contribution in [1.29, 1.82) is 0 Å². The largest absolute Gasteiger partial charge is 0.376 e. The van der Waals surface area contributed by atoms with Crippen LogP contribution in [0, 0.1) is 6.92 Å². The number of ether oxygens (including phenoxy) is 1. The Balaban J connectivity index is 1.37. The van der Waals surface area contributed by atoms with E-state index >= 15 is 0 Å². The molecule has 3 aromatic rings. The van der Waals surface area contributed by atoms with Gasteiger partial charge in [0.05, 0.1) is 11.8 Å². The van der Waals surface area contributed by atoms with Gasteiger partial charge in [-0.05, 0) is 19.8 Å². The van der Waals surface area contributed by atoms with Gasteiger partial charge in [0.1, 0.15) is 0 Å². The first kappa shape index (κ1) is 17.0. The van der Waals surface area contributed by atoms with E-state index in [1.807, 2.05) is 12.3 Å². The van der Waals surface area contributed by atoms with Crippen LogP contribution in [0.3, 0.4) is 0 Å². The van der Waals surface area contributed by atoms with Crippen LogP contribution in [0.2, 0.25) is 0 Å². The zero-order valence-electron chi connectivity index (χ0n) is 13.6. The van der Waals surface area contributed by atoms with E-state index in [0.717, 1.165) is 51.8 Å². The molecule has 0 radical (unpaired) electrons. The maximum Gasteiger partial charge on any atom is 0.258 e. The summed E-state index contributed by atoms with van der Waals surface area (Å²) >= 11 is 4.54. The average Bonchev–Trinajstić information content (AvgIpc) is 3.32. The molecule has 3 aromatic heterocycles. The van der Waals surface area contributed by atoms with Crippen molar-refractivity contribution in [3.05, 3.63) is 33.2 Å². The lowest BCUT2D eigenvalue weighted by molar-refractivity contribution is 0.120. The van der Waals surface area contributed by atoms with E-state index in [2.05, 4.69) is 20.5 Å². The Kier molecular flexibility index (Phi) is 5.02. The van der Waals surface area contributed by atoms with E-state index in [1.54, 1.807) is 22.2 Å². The molecule has 1 atom stereocenters. The lowest BCUT2D eigenvalue weighted by atomic mass is 10.2. The van der Waals surface area contributed by atoms with Gasteiger partial charge in [-0.1, -0.05) is 23.1 Å². The van der Waals surface area contributed by atoms with Gasteiger partial charge in [0, 0.05) is 36.0 Å². The molecular formula is C15H17N5O2S3. The predicted octanol–water partition coefficient (Wildman–Crippen LogP) is 2.80. The topological polar surface area (TPSA) is 81.4 Å². The van der Waals surface area contributed by atoms with Crippen LogP contribution in [0.15, 0.2) is 20.6 Å². The number of thiazole rings is 1. The minimum Gasteiger partial charge on any atom is -0.376 e. The van der Waals surface area contributed by atoms with Gasteiger partial charge in [0.25, 0.3) is 5.56 Å². The van der Waals surface area contributed by atoms with Crippen LogP contribution in [0.25, 0.3) is 4.96 Å². The molecule has 1 saturated heterocycles. The van der Waals surface area contributed by atoms with Crippen molar-refractivity contribution in [2.75, 3.05) is 18.5 Å². The number of hydrogen-bond donors (Lipinski definition) is 1. The highest BCUT2D eigenvalue weighted by Crippen LogP contribution is 2.28. The van der Waals surface area contributed by atoms with Gasteiger partial charge in [0.15, 0.2) is 9.30 Å². The lowest BCUT2D eigenvalue weighted by Gasteiger charge is -2.08. The second-order valence-corrected chi connectivity index (χ2v) is 8.80. The van der Waals surface area contributed by atoms with Crippen LogP contribution in [-0.4, -0.2) is 38.8 Å². The molecule has 4 heterocycles. The predicted molar refractivity (Wildman–Crippen MR) is 101 cm³/mol. The van der Waals surface area contributed by atoms with Gasteiger partial charge in [-0.3, -0.25) is 9.20 Å². The summed E-state index contributed by atoms with van der Waals surface area (Å²) in [7, 11) is 0. The number of hydrogen-bond acceptors (Lipinski definition) is 9. The van der Waals surface area contributed by atoms with Crippen molar-refractivity contribution in [3.63, 3.8) is 0 Å². The van der Waals surface area contributed by atoms with Crippen LogP contribution in [0.4, 0.5) is 5.13 Å². The monoisotopic (exact) mass is 395 g/mol. The highest BCUT2D eigenvalue weighted by molar-refractivity contribution is 8.00. The molecule has 10 heteroatoms. The Bertz CT molecular complexity index is 929. The molecule has 1 unspecified atom stereocenters. The second kappa shape index (κ2) is 7.40. The summed E-state index contributed by atoms with van der Waals surface area (Å²) < 4.78 is 8.08. The number of thioether (sulfide) groups is 1. The second-order valence-electron chi connectivity index (χ2n) is 5.76. The van der Waals surface area contributed by atoms with Crippen LogP contribution >= 0.6 is 34.4 Å². The van der Waals surface area contributed by atoms with Gasteiger partial charge in [-0.25, -0.2) is 4.98 Å². The number of rotatable bonds is 6. The minimum atomic E-state index is -0.0319. The Morgan fingerprint density at radius 3 is 3.24 bits per heavy atom. The molecule has 0 bridgehead atoms. The number of anilines is 1. The first-order valence-electron chi connectivity index (χ1n) is 7.97. The van der Waals surface area contributed by atoms with Crippen LogP contribution in [-0.2, 0) is 10.5 Å². The van der Waals surface area contributed by atoms with Crippen molar-refractivity contribution >= 4 is 44.5 Å². The zero-order valence-corrected chi connectivity index (χ0v) is 16.0. The number of nitrogens with zero attached hydrogens (tertiary/aromatic N) is 4. The highest BCUT2D eigenvalue weighted by Gasteiger charge is 2.16. The molecule has 0 saturated carbocycles. The summed E-state index contributed by atoms with van der Waals surface area (Å²) in [6, 6.07) is 1.59. The maximum absolute atomic E-state index is 12.2. The molecule has 1 N–H and O–H groups in total. The Labute approximate surface area is 156 Å². The first-order valence-corrected chi connectivity index (χ1v) is 10.7. The number of aryl methyl sites for hydroxylation is 1. The summed E-state index contributed by atoms with van der Waals surface area (Å²) in [5.74, 6) is 0.600. The van der Waals surface area contributed by atoms with Crippen molar-refractivity contribution in [2.45, 2.75) is 36.0 Å². The smallest absolute Gasteiger partial charge is 0.258 e. The lowest BCUT2D eigenvalue weighted by Crippen LogP contribution is -2.18. The van der Waals surface area contributed by atoms with E-state index in [0.29, 0.717) is 5.75 Å². The molecule has 4 rings (SSSR count). The van der Waals surface area contributed by atoms with E-state index in [9.17, 15) is 4.79 Å². The number of fused-ring (bicyclic) bond motifs is 1. The van der Waals surface area contributed by atoms with E-state index < -0.39 is 0 Å². The fourth-order valence-electron chi connectivity index (χ4n) is 2.66. The third-order valence-electron chi connectivity index (χ3n) is 3.88. The maximum atomic E-state index is 12.2. The molecular weight excluding hydrogens is 378 g/mol. The molecule has 0 spiro atoms. The standard InChI is InChI=1S/C15H17N5O2S3/c1-9-7-23-14-17-10(5-12(21)20(9)14)8-24-15-19-18-13(25-15)16-6-11-3-2-4-22-11/h5,7,11H,2-4,6,8H2,1H3,(H,16,18). The molecule has 0 aromatic carbocycles. The van der Waals surface area contributed by atoms with Crippen LogP contribution in [0.5, 0.6) is 0 Å². The first-order chi connectivity index (χ1) is 12.2. The van der Waals surface area contributed by atoms with Gasteiger partial charge >= 0.3 is 0 Å². The molecule has 132 valence electrons. The van der Waals surface area contributed by atoms with Crippen molar-refractivity contribution in [2.24, 2.45) is 0 Å². The minimum absolute atomic E-state index is 0.0319. The normalized spacial score (nSPS) is 17.4. The Hall–Kier alpha value is -1.49. The van der Waals surface area contributed by atoms with Crippen molar-refractivity contribution in [3.8, 4) is 0 Å². The van der Waals surface area contributed by atoms with Crippen molar-refractivity contribution < 1.29 is 4.74 Å². The third kappa shape index (κ3) is 3.86. The summed E-state index contributed by atoms with van der Waals surface area (Å²) in [5.41, 5.74) is 1.65. The highest BCUT2D eigenvalue weighted by atomic mass is 32.2. The molecule has 7 nitrogen and oxygen atoms in total. The van der Waals surface area contributed by atoms with Crippen LogP contribution in [0.1, 0.15) is 24.2 Å². The Morgan fingerprint density at radius 1 is 1.48 bits per heavy atom. The molecule has 1 aliphatic rings. The van der Waals surface area contributed by atoms with Crippen LogP contribution < -0.4 is 10.9 Å². The van der Waals surface area contributed by atoms with Gasteiger partial charge in [0.2, 0.25) is 5.13 Å². The summed E-state index contributed by atoms with van der Waals surface area (Å²) in [4.78, 5) is 17.5. The SMILES string of the molecule is Cc1csc2nc(CSc3nnc(NCC4CCCO4)s3)cc(=O)n12. The average molecular weight is 396 g/mol. The fraction of sp³-hybridized carbons (Fsp3) is 0.467. The molecule has 0 amide bonds. The Morgan fingerprint density at radius 2 is 2.40 bits per heavy atom. The molecule has 25 heavy (non-hydrogen) atoms. The number of aromatic nitrogens is 4. The third-order valence-corrected chi connectivity index (χ3v) is 6.88. The van der Waals surface area contributed by atoms with E-state index in [-0.39, 0.29) is 11.7 Å². The van der Waals surface area contributed by atoms with Gasteiger partial charge < -0.3 is 10.1 Å². The number of nitrogens with one attached hydrogen (secondary N) is 1. The molecule has 1 aliphatic heterocycles. The summed E-state index contributed by atoms with van der Waals surface area (Å²) in [5, 5.41) is 14.4. The van der Waals surface area contributed by atoms with E-state index in [4.69, 9.17) is 4.74 Å². The van der Waals surface area contributed by atoms with Gasteiger partial charge in [-0.2, -0.15) is 0 Å².